The molecule has 1 aliphatic rings. The summed E-state index contributed by atoms with van der Waals surface area (Å²) in [7, 11) is 2.52. The maximum absolute atomic E-state index is 6.06. The second-order valence-corrected chi connectivity index (χ2v) is 10.3. The molecule has 0 unspecified atom stereocenters. The third-order valence-electron chi connectivity index (χ3n) is 4.93. The number of ether oxygens (including phenoxy) is 1. The van der Waals surface area contributed by atoms with Gasteiger partial charge in [-0.1, -0.05) is 28.1 Å². The molecule has 0 atom stereocenters. The Kier molecular flexibility index (Phi) is 8.40. The van der Waals surface area contributed by atoms with E-state index in [9.17, 15) is 0 Å². The van der Waals surface area contributed by atoms with Crippen molar-refractivity contribution >= 4 is 24.7 Å². The van der Waals surface area contributed by atoms with Gasteiger partial charge in [0.2, 0.25) is 0 Å². The number of hydrogen-bond donors (Lipinski definition) is 0. The largest absolute Gasteiger partial charge is 0.500 e. The Balaban J connectivity index is 1.67. The van der Waals surface area contributed by atoms with Crippen molar-refractivity contribution in [1.82, 2.24) is 0 Å². The molecule has 4 nitrogen and oxygen atoms in total. The maximum atomic E-state index is 6.06. The van der Waals surface area contributed by atoms with E-state index >= 15 is 0 Å². The van der Waals surface area contributed by atoms with Gasteiger partial charge in [-0.15, -0.1) is 0 Å². The molecule has 0 radical (unpaired) electrons. The lowest BCUT2D eigenvalue weighted by molar-refractivity contribution is 0.0225. The van der Waals surface area contributed by atoms with Crippen LogP contribution in [0.5, 0.6) is 0 Å². The molecular formula is C18H29BrO4Si. The Morgan fingerprint density at radius 1 is 0.958 bits per heavy atom. The summed E-state index contributed by atoms with van der Waals surface area (Å²) in [5.74, 6) is 0.675. The molecule has 1 aromatic rings. The SMILES string of the molecule is CO[Si](CCCOC1CCC(c2ccc(Br)cc2)CC1)(OC)OC. The van der Waals surface area contributed by atoms with Gasteiger partial charge < -0.3 is 18.0 Å². The maximum Gasteiger partial charge on any atom is 0.500 e. The van der Waals surface area contributed by atoms with Crippen molar-refractivity contribution < 1.29 is 18.0 Å². The molecule has 0 aliphatic heterocycles. The minimum atomic E-state index is -2.45. The Bertz CT molecular complexity index is 462. The van der Waals surface area contributed by atoms with Gasteiger partial charge in [0.15, 0.2) is 0 Å². The van der Waals surface area contributed by atoms with Gasteiger partial charge in [-0.05, 0) is 55.7 Å². The monoisotopic (exact) mass is 416 g/mol. The minimum Gasteiger partial charge on any atom is -0.378 e. The van der Waals surface area contributed by atoms with E-state index in [1.54, 1.807) is 21.3 Å². The van der Waals surface area contributed by atoms with Crippen molar-refractivity contribution in [2.75, 3.05) is 27.9 Å². The van der Waals surface area contributed by atoms with Crippen LogP contribution in [0.4, 0.5) is 0 Å². The number of benzene rings is 1. The zero-order chi connectivity index (χ0) is 17.4. The van der Waals surface area contributed by atoms with E-state index in [0.29, 0.717) is 12.0 Å². The molecule has 136 valence electrons. The second kappa shape index (κ2) is 10.0. The Labute approximate surface area is 155 Å². The quantitative estimate of drug-likeness (QED) is 0.429. The second-order valence-electron chi connectivity index (χ2n) is 6.29. The van der Waals surface area contributed by atoms with Crippen LogP contribution in [-0.4, -0.2) is 42.8 Å². The van der Waals surface area contributed by atoms with Crippen molar-refractivity contribution in [2.24, 2.45) is 0 Å². The standard InChI is InChI=1S/C18H29BrO4Si/c1-20-24(21-2,22-3)14-4-13-23-18-11-7-16(8-12-18)15-5-9-17(19)10-6-15/h5-6,9-10,16,18H,4,7-8,11-14H2,1-3H3. The molecule has 0 N–H and O–H groups in total. The van der Waals surface area contributed by atoms with Gasteiger partial charge in [-0.3, -0.25) is 0 Å². The fourth-order valence-corrected chi connectivity index (χ4v) is 5.35. The molecule has 2 rings (SSSR count). The van der Waals surface area contributed by atoms with Crippen LogP contribution in [0.3, 0.4) is 0 Å². The number of hydrogen-bond acceptors (Lipinski definition) is 4. The lowest BCUT2D eigenvalue weighted by atomic mass is 9.83. The molecule has 0 heterocycles. The van der Waals surface area contributed by atoms with Crippen molar-refractivity contribution in [3.63, 3.8) is 0 Å². The molecule has 0 spiro atoms. The Hall–Kier alpha value is -0.243. The number of halogens is 1. The summed E-state index contributed by atoms with van der Waals surface area (Å²) in [6, 6.07) is 9.54. The molecular weight excluding hydrogens is 388 g/mol. The van der Waals surface area contributed by atoms with Crippen LogP contribution in [0.25, 0.3) is 0 Å². The summed E-state index contributed by atoms with van der Waals surface area (Å²) in [6.07, 6.45) is 6.00. The molecule has 0 aromatic heterocycles. The Morgan fingerprint density at radius 3 is 2.08 bits per heavy atom. The Morgan fingerprint density at radius 2 is 1.54 bits per heavy atom. The summed E-state index contributed by atoms with van der Waals surface area (Å²) in [5.41, 5.74) is 1.45. The molecule has 6 heteroatoms. The molecule has 24 heavy (non-hydrogen) atoms. The van der Waals surface area contributed by atoms with Crippen LogP contribution in [0.2, 0.25) is 6.04 Å². The van der Waals surface area contributed by atoms with Crippen LogP contribution in [0.1, 0.15) is 43.6 Å². The van der Waals surface area contributed by atoms with Gasteiger partial charge in [0, 0.05) is 38.5 Å². The van der Waals surface area contributed by atoms with E-state index in [-0.39, 0.29) is 0 Å². The van der Waals surface area contributed by atoms with E-state index in [2.05, 4.69) is 40.2 Å². The highest BCUT2D eigenvalue weighted by Gasteiger charge is 2.37. The number of rotatable bonds is 9. The van der Waals surface area contributed by atoms with Crippen molar-refractivity contribution in [1.29, 1.82) is 0 Å². The molecule has 1 aromatic carbocycles. The molecule has 1 saturated carbocycles. The van der Waals surface area contributed by atoms with E-state index in [1.807, 2.05) is 0 Å². The van der Waals surface area contributed by atoms with Crippen LogP contribution in [-0.2, 0) is 18.0 Å². The average molecular weight is 417 g/mol. The molecule has 0 amide bonds. The first kappa shape index (κ1) is 20.1. The first-order chi connectivity index (χ1) is 11.6. The van der Waals surface area contributed by atoms with E-state index in [4.69, 9.17) is 18.0 Å². The average Bonchev–Trinajstić information content (AvgIpc) is 2.64. The smallest absolute Gasteiger partial charge is 0.378 e. The predicted molar refractivity (Wildman–Crippen MR) is 101 cm³/mol. The van der Waals surface area contributed by atoms with Crippen LogP contribution in [0, 0.1) is 0 Å². The van der Waals surface area contributed by atoms with Gasteiger partial charge in [0.05, 0.1) is 6.10 Å². The lowest BCUT2D eigenvalue weighted by Gasteiger charge is -2.29. The van der Waals surface area contributed by atoms with Crippen LogP contribution < -0.4 is 0 Å². The zero-order valence-electron chi connectivity index (χ0n) is 14.9. The fourth-order valence-electron chi connectivity index (χ4n) is 3.39. The first-order valence-electron chi connectivity index (χ1n) is 8.65. The highest BCUT2D eigenvalue weighted by molar-refractivity contribution is 9.10. The van der Waals surface area contributed by atoms with Gasteiger partial charge in [-0.2, -0.15) is 0 Å². The van der Waals surface area contributed by atoms with Crippen molar-refractivity contribution in [3.8, 4) is 0 Å². The van der Waals surface area contributed by atoms with E-state index < -0.39 is 8.80 Å². The van der Waals surface area contributed by atoms with Gasteiger partial charge >= 0.3 is 8.80 Å². The fraction of sp³-hybridized carbons (Fsp3) is 0.667. The molecule has 1 fully saturated rings. The van der Waals surface area contributed by atoms with Crippen LogP contribution in [0.15, 0.2) is 28.7 Å². The topological polar surface area (TPSA) is 36.9 Å². The van der Waals surface area contributed by atoms with Gasteiger partial charge in [0.1, 0.15) is 0 Å². The summed E-state index contributed by atoms with van der Waals surface area (Å²) >= 11 is 3.50. The molecule has 0 saturated heterocycles. The van der Waals surface area contributed by atoms with Gasteiger partial charge in [0.25, 0.3) is 0 Å². The zero-order valence-corrected chi connectivity index (χ0v) is 17.5. The third kappa shape index (κ3) is 5.64. The minimum absolute atomic E-state index is 0.389. The first-order valence-corrected chi connectivity index (χ1v) is 11.4. The highest BCUT2D eigenvalue weighted by Crippen LogP contribution is 2.34. The highest BCUT2D eigenvalue weighted by atomic mass is 79.9. The molecule has 1 aliphatic carbocycles. The predicted octanol–water partition coefficient (Wildman–Crippen LogP) is 4.76. The van der Waals surface area contributed by atoms with E-state index in [1.165, 1.54) is 18.4 Å². The van der Waals surface area contributed by atoms with Crippen molar-refractivity contribution in [2.45, 2.75) is 50.2 Å². The lowest BCUT2D eigenvalue weighted by Crippen LogP contribution is -2.42. The summed E-state index contributed by atoms with van der Waals surface area (Å²) in [5, 5.41) is 0. The van der Waals surface area contributed by atoms with Gasteiger partial charge in [-0.25, -0.2) is 0 Å². The van der Waals surface area contributed by atoms with Crippen molar-refractivity contribution in [3.05, 3.63) is 34.3 Å². The third-order valence-corrected chi connectivity index (χ3v) is 8.29. The van der Waals surface area contributed by atoms with Crippen LogP contribution >= 0.6 is 15.9 Å². The normalized spacial score (nSPS) is 21.8. The summed E-state index contributed by atoms with van der Waals surface area (Å²) in [6.45, 7) is 0.748. The summed E-state index contributed by atoms with van der Waals surface area (Å²) < 4.78 is 23.5. The molecule has 0 bridgehead atoms. The summed E-state index contributed by atoms with van der Waals surface area (Å²) in [4.78, 5) is 0. The van der Waals surface area contributed by atoms with E-state index in [0.717, 1.165) is 36.4 Å².